The van der Waals surface area contributed by atoms with Gasteiger partial charge < -0.3 is 9.84 Å². The van der Waals surface area contributed by atoms with Crippen molar-refractivity contribution in [1.82, 2.24) is 0 Å². The summed E-state index contributed by atoms with van der Waals surface area (Å²) in [6, 6.07) is 6.65. The third kappa shape index (κ3) is 3.86. The zero-order chi connectivity index (χ0) is 14.8. The fourth-order valence-electron chi connectivity index (χ4n) is 2.29. The third-order valence-electron chi connectivity index (χ3n) is 3.38. The number of aliphatic carboxylic acids is 1. The molecule has 2 rings (SSSR count). The Bertz CT molecular complexity index is 599. The molecule has 1 aromatic rings. The summed E-state index contributed by atoms with van der Waals surface area (Å²) >= 11 is 5.81. The van der Waals surface area contributed by atoms with Crippen molar-refractivity contribution in [3.63, 3.8) is 0 Å². The van der Waals surface area contributed by atoms with Crippen LogP contribution >= 0.6 is 11.6 Å². The maximum absolute atomic E-state index is 11.4. The lowest BCUT2D eigenvalue weighted by Crippen LogP contribution is -2.30. The Morgan fingerprint density at radius 1 is 1.50 bits per heavy atom. The first kappa shape index (κ1) is 15.1. The fraction of sp³-hybridized carbons (Fsp3) is 0.462. The molecule has 1 aliphatic rings. The normalized spacial score (nSPS) is 22.4. The molecule has 1 fully saturated rings. The summed E-state index contributed by atoms with van der Waals surface area (Å²) in [5.41, 5.74) is 0. The van der Waals surface area contributed by atoms with Crippen molar-refractivity contribution < 1.29 is 23.1 Å². The Hall–Kier alpha value is -1.27. The van der Waals surface area contributed by atoms with Gasteiger partial charge in [-0.1, -0.05) is 17.7 Å². The molecule has 1 saturated heterocycles. The van der Waals surface area contributed by atoms with Crippen molar-refractivity contribution in [3.8, 4) is 5.75 Å². The van der Waals surface area contributed by atoms with Crippen molar-refractivity contribution in [2.24, 2.45) is 11.8 Å². The SMILES string of the molecule is O=C(O)C(COc1cccc(Cl)c1)C1CCS(=O)(=O)C1. The lowest BCUT2D eigenvalue weighted by atomic mass is 9.93. The summed E-state index contributed by atoms with van der Waals surface area (Å²) in [4.78, 5) is 11.3. The van der Waals surface area contributed by atoms with E-state index < -0.39 is 27.6 Å². The van der Waals surface area contributed by atoms with E-state index in [1.807, 2.05) is 0 Å². The van der Waals surface area contributed by atoms with Crippen LogP contribution in [0.4, 0.5) is 0 Å². The second-order valence-electron chi connectivity index (χ2n) is 4.88. The van der Waals surface area contributed by atoms with Crippen LogP contribution in [-0.2, 0) is 14.6 Å². The number of rotatable bonds is 5. The molecule has 1 heterocycles. The van der Waals surface area contributed by atoms with Crippen LogP contribution in [0.2, 0.25) is 5.02 Å². The Kier molecular flexibility index (Phi) is 4.55. The number of halogens is 1. The molecule has 2 unspecified atom stereocenters. The van der Waals surface area contributed by atoms with E-state index in [4.69, 9.17) is 16.3 Å². The molecule has 0 aliphatic carbocycles. The number of carboxylic acid groups (broad SMARTS) is 1. The van der Waals surface area contributed by atoms with E-state index in [9.17, 15) is 18.3 Å². The van der Waals surface area contributed by atoms with Crippen LogP contribution in [-0.4, -0.2) is 37.6 Å². The highest BCUT2D eigenvalue weighted by atomic mass is 35.5. The first-order valence-electron chi connectivity index (χ1n) is 6.19. The number of benzene rings is 1. The smallest absolute Gasteiger partial charge is 0.310 e. The minimum absolute atomic E-state index is 0.0542. The quantitative estimate of drug-likeness (QED) is 0.896. The summed E-state index contributed by atoms with van der Waals surface area (Å²) in [7, 11) is -3.10. The molecular weight excluding hydrogens is 304 g/mol. The molecule has 7 heteroatoms. The number of hydrogen-bond acceptors (Lipinski definition) is 4. The molecule has 2 atom stereocenters. The highest BCUT2D eigenvalue weighted by Gasteiger charge is 2.37. The van der Waals surface area contributed by atoms with Gasteiger partial charge in [-0.05, 0) is 30.5 Å². The van der Waals surface area contributed by atoms with Crippen molar-refractivity contribution in [1.29, 1.82) is 0 Å². The third-order valence-corrected chi connectivity index (χ3v) is 5.41. The molecule has 1 aliphatic heterocycles. The van der Waals surface area contributed by atoms with Gasteiger partial charge in [0, 0.05) is 5.02 Å². The highest BCUT2D eigenvalue weighted by Crippen LogP contribution is 2.27. The van der Waals surface area contributed by atoms with Gasteiger partial charge in [-0.15, -0.1) is 0 Å². The van der Waals surface area contributed by atoms with Crippen molar-refractivity contribution >= 4 is 27.4 Å². The number of sulfone groups is 1. The number of ether oxygens (including phenoxy) is 1. The monoisotopic (exact) mass is 318 g/mol. The molecule has 0 bridgehead atoms. The molecule has 5 nitrogen and oxygen atoms in total. The van der Waals surface area contributed by atoms with E-state index in [1.165, 1.54) is 0 Å². The van der Waals surface area contributed by atoms with E-state index in [2.05, 4.69) is 0 Å². The number of hydrogen-bond donors (Lipinski definition) is 1. The van der Waals surface area contributed by atoms with Gasteiger partial charge in [0.15, 0.2) is 9.84 Å². The molecule has 0 aromatic heterocycles. The van der Waals surface area contributed by atoms with Crippen LogP contribution in [0.3, 0.4) is 0 Å². The van der Waals surface area contributed by atoms with Crippen LogP contribution in [0.15, 0.2) is 24.3 Å². The first-order valence-corrected chi connectivity index (χ1v) is 8.39. The van der Waals surface area contributed by atoms with Gasteiger partial charge in [0.1, 0.15) is 12.4 Å². The van der Waals surface area contributed by atoms with E-state index in [0.717, 1.165) is 0 Å². The van der Waals surface area contributed by atoms with Crippen LogP contribution in [0.5, 0.6) is 5.75 Å². The van der Waals surface area contributed by atoms with Gasteiger partial charge in [0.05, 0.1) is 17.4 Å². The maximum Gasteiger partial charge on any atom is 0.310 e. The van der Waals surface area contributed by atoms with Crippen LogP contribution < -0.4 is 4.74 Å². The van der Waals surface area contributed by atoms with Crippen molar-refractivity contribution in [3.05, 3.63) is 29.3 Å². The second kappa shape index (κ2) is 6.01. The average molecular weight is 319 g/mol. The largest absolute Gasteiger partial charge is 0.493 e. The Morgan fingerprint density at radius 2 is 2.25 bits per heavy atom. The fourth-order valence-corrected chi connectivity index (χ4v) is 4.35. The lowest BCUT2D eigenvalue weighted by molar-refractivity contribution is -0.144. The predicted molar refractivity (Wildman–Crippen MR) is 74.8 cm³/mol. The van der Waals surface area contributed by atoms with Crippen LogP contribution in [0.1, 0.15) is 6.42 Å². The van der Waals surface area contributed by atoms with E-state index in [0.29, 0.717) is 17.2 Å². The van der Waals surface area contributed by atoms with Gasteiger partial charge in [0.2, 0.25) is 0 Å². The van der Waals surface area contributed by atoms with Crippen LogP contribution in [0, 0.1) is 11.8 Å². The van der Waals surface area contributed by atoms with E-state index in [1.54, 1.807) is 24.3 Å². The number of carboxylic acids is 1. The van der Waals surface area contributed by atoms with Gasteiger partial charge in [0.25, 0.3) is 0 Å². The summed E-state index contributed by atoms with van der Waals surface area (Å²) in [5, 5.41) is 9.73. The molecule has 1 N–H and O–H groups in total. The summed E-state index contributed by atoms with van der Waals surface area (Å²) in [6.45, 7) is -0.0597. The zero-order valence-corrected chi connectivity index (χ0v) is 12.2. The van der Waals surface area contributed by atoms with Gasteiger partial charge >= 0.3 is 5.97 Å². The van der Waals surface area contributed by atoms with E-state index in [-0.39, 0.29) is 18.1 Å². The van der Waals surface area contributed by atoms with Crippen molar-refractivity contribution in [2.75, 3.05) is 18.1 Å². The standard InChI is InChI=1S/C13H15ClO5S/c14-10-2-1-3-11(6-10)19-7-12(13(15)16)9-4-5-20(17,18)8-9/h1-3,6,9,12H,4-5,7-8H2,(H,15,16). The van der Waals surface area contributed by atoms with Crippen LogP contribution in [0.25, 0.3) is 0 Å². The summed E-state index contributed by atoms with van der Waals surface area (Å²) in [6.07, 6.45) is 0.373. The van der Waals surface area contributed by atoms with Gasteiger partial charge in [-0.25, -0.2) is 8.42 Å². The maximum atomic E-state index is 11.4. The minimum Gasteiger partial charge on any atom is -0.493 e. The molecule has 1 aromatic carbocycles. The highest BCUT2D eigenvalue weighted by molar-refractivity contribution is 7.91. The molecule has 0 amide bonds. The Morgan fingerprint density at radius 3 is 2.80 bits per heavy atom. The van der Waals surface area contributed by atoms with E-state index >= 15 is 0 Å². The molecule has 20 heavy (non-hydrogen) atoms. The Labute approximate surface area is 122 Å². The Balaban J connectivity index is 2.02. The minimum atomic E-state index is -3.10. The topological polar surface area (TPSA) is 80.7 Å². The molecule has 0 spiro atoms. The second-order valence-corrected chi connectivity index (χ2v) is 7.54. The summed E-state index contributed by atoms with van der Waals surface area (Å²) in [5.74, 6) is -1.80. The lowest BCUT2D eigenvalue weighted by Gasteiger charge is -2.18. The molecule has 110 valence electrons. The molecule has 0 saturated carbocycles. The number of carbonyl (C=O) groups is 1. The van der Waals surface area contributed by atoms with Gasteiger partial charge in [-0.2, -0.15) is 0 Å². The average Bonchev–Trinajstić information content (AvgIpc) is 2.69. The molecular formula is C13H15ClO5S. The summed E-state index contributed by atoms with van der Waals surface area (Å²) < 4.78 is 28.3. The zero-order valence-electron chi connectivity index (χ0n) is 10.7. The predicted octanol–water partition coefficient (Wildman–Crippen LogP) is 1.85. The van der Waals surface area contributed by atoms with Crippen molar-refractivity contribution in [2.45, 2.75) is 6.42 Å². The van der Waals surface area contributed by atoms with Gasteiger partial charge in [-0.3, -0.25) is 4.79 Å². The first-order chi connectivity index (χ1) is 9.37. The molecule has 0 radical (unpaired) electrons.